The molecule has 5 aliphatic rings. The van der Waals surface area contributed by atoms with Gasteiger partial charge in [0.2, 0.25) is 0 Å². The standard InChI is InChI=1S/C27H42O8/c1-26-9-7-16(29)13-15(26)3-4-17-18-5-6-21(27(18,2)10-8-19(17)26)33-11-12-34-25-24(32)23(31)22(30)20(14-28)35-25/h13,17-25,28,30-32H,3-12,14H2,1-2H3/t17-,18-,19-,20+,21-,22+,23-,24+,25-,26-,27-/m0/s1. The molecule has 1 saturated heterocycles. The highest BCUT2D eigenvalue weighted by Crippen LogP contribution is 2.65. The van der Waals surface area contributed by atoms with Crippen molar-refractivity contribution in [2.75, 3.05) is 19.8 Å². The lowest BCUT2D eigenvalue weighted by atomic mass is 9.47. The number of hydrogen-bond acceptors (Lipinski definition) is 8. The molecule has 8 heteroatoms. The maximum absolute atomic E-state index is 12.0. The summed E-state index contributed by atoms with van der Waals surface area (Å²) >= 11 is 0. The molecule has 0 amide bonds. The number of hydrogen-bond donors (Lipinski definition) is 4. The van der Waals surface area contributed by atoms with E-state index in [1.54, 1.807) is 0 Å². The maximum Gasteiger partial charge on any atom is 0.186 e. The molecular weight excluding hydrogens is 452 g/mol. The molecular formula is C27H42O8. The molecule has 35 heavy (non-hydrogen) atoms. The molecule has 4 fully saturated rings. The zero-order valence-electron chi connectivity index (χ0n) is 21.0. The van der Waals surface area contributed by atoms with Gasteiger partial charge in [-0.1, -0.05) is 19.4 Å². The first-order chi connectivity index (χ1) is 16.7. The van der Waals surface area contributed by atoms with E-state index in [0.717, 1.165) is 25.7 Å². The van der Waals surface area contributed by atoms with E-state index in [4.69, 9.17) is 14.2 Å². The van der Waals surface area contributed by atoms with Crippen molar-refractivity contribution in [3.63, 3.8) is 0 Å². The third kappa shape index (κ3) is 4.33. The Bertz CT molecular complexity index is 828. The van der Waals surface area contributed by atoms with Crippen LogP contribution < -0.4 is 0 Å². The van der Waals surface area contributed by atoms with Gasteiger partial charge in [0.1, 0.15) is 24.4 Å². The summed E-state index contributed by atoms with van der Waals surface area (Å²) in [6.07, 6.45) is 4.23. The van der Waals surface area contributed by atoms with Gasteiger partial charge in [0.15, 0.2) is 12.1 Å². The number of ketones is 1. The highest BCUT2D eigenvalue weighted by molar-refractivity contribution is 5.91. The molecule has 1 aliphatic heterocycles. The molecule has 1 heterocycles. The number of carbonyl (C=O) groups excluding carboxylic acids is 1. The Labute approximate surface area is 207 Å². The number of allylic oxidation sites excluding steroid dienone is 1. The highest BCUT2D eigenvalue weighted by Gasteiger charge is 2.59. The minimum Gasteiger partial charge on any atom is -0.394 e. The molecule has 0 radical (unpaired) electrons. The molecule has 3 saturated carbocycles. The number of aliphatic hydroxyl groups excluding tert-OH is 4. The van der Waals surface area contributed by atoms with Crippen LogP contribution >= 0.6 is 0 Å². The Morgan fingerprint density at radius 3 is 2.49 bits per heavy atom. The third-order valence-electron chi connectivity index (χ3n) is 10.4. The summed E-state index contributed by atoms with van der Waals surface area (Å²) in [6.45, 7) is 4.86. The Hall–Kier alpha value is -0.870. The molecule has 11 atom stereocenters. The average Bonchev–Trinajstić information content (AvgIpc) is 3.18. The van der Waals surface area contributed by atoms with Crippen molar-refractivity contribution in [3.05, 3.63) is 11.6 Å². The fourth-order valence-electron chi connectivity index (χ4n) is 8.34. The van der Waals surface area contributed by atoms with Crippen LogP contribution in [0.4, 0.5) is 0 Å². The van der Waals surface area contributed by atoms with Gasteiger partial charge in [0.25, 0.3) is 0 Å². The molecule has 0 aromatic carbocycles. The van der Waals surface area contributed by atoms with Gasteiger partial charge < -0.3 is 34.6 Å². The Morgan fingerprint density at radius 1 is 0.943 bits per heavy atom. The van der Waals surface area contributed by atoms with E-state index in [-0.39, 0.29) is 23.5 Å². The van der Waals surface area contributed by atoms with Gasteiger partial charge in [-0.05, 0) is 79.6 Å². The SMILES string of the molecule is C[C@]12CC[C@H]3[C@@H](CCC4=CC(=O)CC[C@@]43C)[C@@H]1CC[C@@H]2OCCO[C@H]1O[C@H](CO)[C@@H](O)[C@H](O)[C@H]1O. The summed E-state index contributed by atoms with van der Waals surface area (Å²) in [5.74, 6) is 2.27. The van der Waals surface area contributed by atoms with E-state index in [9.17, 15) is 25.2 Å². The summed E-state index contributed by atoms with van der Waals surface area (Å²) in [4.78, 5) is 12.0. The normalized spacial score (nSPS) is 49.7. The van der Waals surface area contributed by atoms with E-state index in [0.29, 0.717) is 36.6 Å². The Balaban J connectivity index is 1.16. The van der Waals surface area contributed by atoms with Crippen LogP contribution in [-0.4, -0.2) is 82.8 Å². The number of rotatable bonds is 6. The summed E-state index contributed by atoms with van der Waals surface area (Å²) in [5, 5.41) is 39.3. The quantitative estimate of drug-likeness (QED) is 0.412. The fraction of sp³-hybridized carbons (Fsp3) is 0.889. The van der Waals surface area contributed by atoms with Gasteiger partial charge in [0, 0.05) is 6.42 Å². The summed E-state index contributed by atoms with van der Waals surface area (Å²) in [5.41, 5.74) is 1.71. The van der Waals surface area contributed by atoms with Crippen molar-refractivity contribution in [3.8, 4) is 0 Å². The van der Waals surface area contributed by atoms with Gasteiger partial charge in [-0.3, -0.25) is 4.79 Å². The number of fused-ring (bicyclic) bond motifs is 5. The molecule has 0 aromatic rings. The second kappa shape index (κ2) is 9.78. The first-order valence-electron chi connectivity index (χ1n) is 13.5. The van der Waals surface area contributed by atoms with Crippen molar-refractivity contribution in [1.29, 1.82) is 0 Å². The zero-order valence-corrected chi connectivity index (χ0v) is 21.0. The van der Waals surface area contributed by atoms with E-state index in [2.05, 4.69) is 13.8 Å². The molecule has 8 nitrogen and oxygen atoms in total. The molecule has 0 aromatic heterocycles. The zero-order chi connectivity index (χ0) is 25.0. The second-order valence-corrected chi connectivity index (χ2v) is 12.0. The van der Waals surface area contributed by atoms with Crippen LogP contribution in [0.2, 0.25) is 0 Å². The predicted molar refractivity (Wildman–Crippen MR) is 126 cm³/mol. The average molecular weight is 495 g/mol. The van der Waals surface area contributed by atoms with Gasteiger partial charge in [0.05, 0.1) is 25.9 Å². The van der Waals surface area contributed by atoms with Crippen molar-refractivity contribution in [1.82, 2.24) is 0 Å². The van der Waals surface area contributed by atoms with Crippen LogP contribution in [0.15, 0.2) is 11.6 Å². The Morgan fingerprint density at radius 2 is 1.71 bits per heavy atom. The summed E-state index contributed by atoms with van der Waals surface area (Å²) in [7, 11) is 0. The summed E-state index contributed by atoms with van der Waals surface area (Å²) < 4.78 is 17.4. The van der Waals surface area contributed by atoms with E-state index in [1.165, 1.54) is 24.8 Å². The lowest BCUT2D eigenvalue weighted by molar-refractivity contribution is -0.303. The van der Waals surface area contributed by atoms with E-state index >= 15 is 0 Å². The van der Waals surface area contributed by atoms with Crippen molar-refractivity contribution in [2.24, 2.45) is 28.6 Å². The number of ether oxygens (including phenoxy) is 3. The lowest BCUT2D eigenvalue weighted by Gasteiger charge is -2.58. The van der Waals surface area contributed by atoms with Gasteiger partial charge in [-0.2, -0.15) is 0 Å². The monoisotopic (exact) mass is 494 g/mol. The maximum atomic E-state index is 12.0. The van der Waals surface area contributed by atoms with E-state index in [1.807, 2.05) is 6.08 Å². The van der Waals surface area contributed by atoms with Crippen LogP contribution in [0.25, 0.3) is 0 Å². The second-order valence-electron chi connectivity index (χ2n) is 12.0. The molecule has 5 rings (SSSR count). The highest BCUT2D eigenvalue weighted by atomic mass is 16.7. The Kier molecular flexibility index (Phi) is 7.20. The molecule has 4 aliphatic carbocycles. The van der Waals surface area contributed by atoms with Crippen molar-refractivity contribution in [2.45, 2.75) is 102 Å². The van der Waals surface area contributed by atoms with Crippen LogP contribution in [0.1, 0.15) is 65.2 Å². The first-order valence-corrected chi connectivity index (χ1v) is 13.5. The topological polar surface area (TPSA) is 126 Å². The largest absolute Gasteiger partial charge is 0.394 e. The van der Waals surface area contributed by atoms with Gasteiger partial charge in [-0.25, -0.2) is 0 Å². The molecule has 198 valence electrons. The van der Waals surface area contributed by atoms with Crippen molar-refractivity contribution >= 4 is 5.78 Å². The predicted octanol–water partition coefficient (Wildman–Crippen LogP) is 1.72. The van der Waals surface area contributed by atoms with E-state index < -0.39 is 37.3 Å². The molecule has 0 spiro atoms. The van der Waals surface area contributed by atoms with Gasteiger partial charge in [-0.15, -0.1) is 0 Å². The van der Waals surface area contributed by atoms with Crippen LogP contribution in [0, 0.1) is 28.6 Å². The lowest BCUT2D eigenvalue weighted by Crippen LogP contribution is -2.59. The number of aliphatic hydroxyl groups is 4. The molecule has 4 N–H and O–H groups in total. The number of carbonyl (C=O) groups is 1. The third-order valence-corrected chi connectivity index (χ3v) is 10.4. The van der Waals surface area contributed by atoms with Crippen molar-refractivity contribution < 1.29 is 39.4 Å². The minimum absolute atomic E-state index is 0.131. The fourth-order valence-corrected chi connectivity index (χ4v) is 8.34. The summed E-state index contributed by atoms with van der Waals surface area (Å²) in [6, 6.07) is 0. The van der Waals surface area contributed by atoms with Crippen LogP contribution in [0.5, 0.6) is 0 Å². The van der Waals surface area contributed by atoms with Crippen LogP contribution in [-0.2, 0) is 19.0 Å². The smallest absolute Gasteiger partial charge is 0.186 e. The van der Waals surface area contributed by atoms with Crippen LogP contribution in [0.3, 0.4) is 0 Å². The first kappa shape index (κ1) is 25.8. The molecule has 0 bridgehead atoms. The molecule has 0 unspecified atom stereocenters. The van der Waals surface area contributed by atoms with Gasteiger partial charge >= 0.3 is 0 Å². The minimum atomic E-state index is -1.44.